The highest BCUT2D eigenvalue weighted by Gasteiger charge is 2.43. The molecule has 7 nitrogen and oxygen atoms in total. The third-order valence-electron chi connectivity index (χ3n) is 5.43. The molecule has 4 rings (SSSR count). The first-order valence-corrected chi connectivity index (χ1v) is 9.60. The van der Waals surface area contributed by atoms with E-state index in [-0.39, 0.29) is 18.4 Å². The molecule has 7 heteroatoms. The Balaban J connectivity index is 1.64. The number of nitrogens with zero attached hydrogens (tertiary/aromatic N) is 1. The van der Waals surface area contributed by atoms with Gasteiger partial charge in [-0.05, 0) is 57.5 Å². The maximum absolute atomic E-state index is 13.1. The summed E-state index contributed by atoms with van der Waals surface area (Å²) in [5.74, 6) is -0.182. The number of rotatable bonds is 3. The molecule has 2 heterocycles. The van der Waals surface area contributed by atoms with Crippen LogP contribution >= 0.6 is 0 Å². The van der Waals surface area contributed by atoms with Gasteiger partial charge in [0.2, 0.25) is 5.91 Å². The van der Waals surface area contributed by atoms with E-state index < -0.39 is 11.2 Å². The third kappa shape index (κ3) is 3.12. The van der Waals surface area contributed by atoms with Crippen LogP contribution in [0.2, 0.25) is 0 Å². The zero-order valence-corrected chi connectivity index (χ0v) is 17.2. The van der Waals surface area contributed by atoms with Crippen molar-refractivity contribution >= 4 is 34.2 Å². The van der Waals surface area contributed by atoms with Crippen molar-refractivity contribution in [2.24, 2.45) is 0 Å². The normalized spacial score (nSPS) is 14.9. The van der Waals surface area contributed by atoms with Crippen LogP contribution in [0.5, 0.6) is 5.75 Å². The molecule has 0 unspecified atom stereocenters. The number of hydrogen-bond acceptors (Lipinski definition) is 5. The lowest BCUT2D eigenvalue weighted by Gasteiger charge is -2.41. The number of hydrogen-bond donors (Lipinski definition) is 1. The summed E-state index contributed by atoms with van der Waals surface area (Å²) < 4.78 is 11.1. The Morgan fingerprint density at radius 2 is 1.87 bits per heavy atom. The van der Waals surface area contributed by atoms with Gasteiger partial charge in [0.25, 0.3) is 5.91 Å². The second kappa shape index (κ2) is 7.02. The lowest BCUT2D eigenvalue weighted by atomic mass is 9.96. The molecule has 0 fully saturated rings. The Morgan fingerprint density at radius 1 is 1.13 bits per heavy atom. The fraction of sp³-hybridized carbons (Fsp3) is 0.261. The molecular weight excluding hydrogens is 384 g/mol. The number of amides is 2. The van der Waals surface area contributed by atoms with E-state index in [1.165, 1.54) is 11.0 Å². The van der Waals surface area contributed by atoms with E-state index in [1.54, 1.807) is 51.1 Å². The minimum atomic E-state index is -1.07. The quantitative estimate of drug-likeness (QED) is 0.672. The van der Waals surface area contributed by atoms with Crippen molar-refractivity contribution < 1.29 is 18.7 Å². The number of aryl methyl sites for hydroxylation is 2. The summed E-state index contributed by atoms with van der Waals surface area (Å²) in [7, 11) is 0. The third-order valence-corrected chi connectivity index (χ3v) is 5.43. The molecule has 2 amide bonds. The molecule has 0 spiro atoms. The highest BCUT2D eigenvalue weighted by Crippen LogP contribution is 2.37. The van der Waals surface area contributed by atoms with Crippen LogP contribution < -0.4 is 20.6 Å². The Kier molecular flexibility index (Phi) is 4.61. The molecule has 0 aliphatic carbocycles. The smallest absolute Gasteiger partial charge is 0.336 e. The summed E-state index contributed by atoms with van der Waals surface area (Å²) in [5, 5.41) is 3.65. The van der Waals surface area contributed by atoms with Crippen molar-refractivity contribution in [3.8, 4) is 5.75 Å². The first-order valence-electron chi connectivity index (χ1n) is 9.60. The SMILES string of the molecule is Cc1cc(=O)oc2c(C)c(OCC(=O)N3c4ccccc4NC(=O)C3(C)C)ccc12. The zero-order chi connectivity index (χ0) is 21.6. The average molecular weight is 406 g/mol. The number of ether oxygens (including phenoxy) is 1. The Bertz CT molecular complexity index is 1240. The van der Waals surface area contributed by atoms with Crippen LogP contribution in [0.15, 0.2) is 51.7 Å². The Morgan fingerprint density at radius 3 is 2.63 bits per heavy atom. The molecule has 30 heavy (non-hydrogen) atoms. The van der Waals surface area contributed by atoms with Gasteiger partial charge in [-0.25, -0.2) is 4.79 Å². The van der Waals surface area contributed by atoms with Gasteiger partial charge in [0, 0.05) is 17.0 Å². The highest BCUT2D eigenvalue weighted by atomic mass is 16.5. The molecule has 3 aromatic rings. The predicted molar refractivity (Wildman–Crippen MR) is 114 cm³/mol. The molecule has 1 aliphatic heterocycles. The van der Waals surface area contributed by atoms with Crippen molar-refractivity contribution in [3.63, 3.8) is 0 Å². The number of carbonyl (C=O) groups is 2. The molecule has 154 valence electrons. The van der Waals surface area contributed by atoms with Crippen LogP contribution in [0.3, 0.4) is 0 Å². The van der Waals surface area contributed by atoms with Gasteiger partial charge in [0.1, 0.15) is 16.9 Å². The second-order valence-corrected chi connectivity index (χ2v) is 7.86. The van der Waals surface area contributed by atoms with Crippen molar-refractivity contribution in [1.29, 1.82) is 0 Å². The summed E-state index contributed by atoms with van der Waals surface area (Å²) in [6.45, 7) is 6.72. The average Bonchev–Trinajstić information content (AvgIpc) is 2.68. The van der Waals surface area contributed by atoms with E-state index in [0.717, 1.165) is 10.9 Å². The minimum Gasteiger partial charge on any atom is -0.483 e. The van der Waals surface area contributed by atoms with Crippen LogP contribution in [0, 0.1) is 13.8 Å². The first-order chi connectivity index (χ1) is 14.2. The van der Waals surface area contributed by atoms with Gasteiger partial charge < -0.3 is 14.5 Å². The van der Waals surface area contributed by atoms with Crippen LogP contribution in [0.4, 0.5) is 11.4 Å². The van der Waals surface area contributed by atoms with Crippen molar-refractivity contribution in [2.75, 3.05) is 16.8 Å². The molecule has 1 N–H and O–H groups in total. The van der Waals surface area contributed by atoms with Crippen LogP contribution in [0.25, 0.3) is 11.0 Å². The van der Waals surface area contributed by atoms with E-state index in [2.05, 4.69) is 5.32 Å². The van der Waals surface area contributed by atoms with Crippen molar-refractivity contribution in [2.45, 2.75) is 33.2 Å². The van der Waals surface area contributed by atoms with E-state index in [9.17, 15) is 14.4 Å². The molecule has 0 radical (unpaired) electrons. The molecule has 0 bridgehead atoms. The largest absolute Gasteiger partial charge is 0.483 e. The molecule has 0 atom stereocenters. The lowest BCUT2D eigenvalue weighted by Crippen LogP contribution is -2.59. The van der Waals surface area contributed by atoms with Crippen LogP contribution in [-0.4, -0.2) is 24.0 Å². The van der Waals surface area contributed by atoms with E-state index in [0.29, 0.717) is 28.3 Å². The molecule has 0 saturated carbocycles. The fourth-order valence-electron chi connectivity index (χ4n) is 3.76. The molecule has 1 aliphatic rings. The number of benzene rings is 2. The van der Waals surface area contributed by atoms with Gasteiger partial charge in [0.15, 0.2) is 6.61 Å². The maximum atomic E-state index is 13.1. The molecule has 0 saturated heterocycles. The van der Waals surface area contributed by atoms with Crippen molar-refractivity contribution in [3.05, 3.63) is 64.0 Å². The number of fused-ring (bicyclic) bond motifs is 2. The second-order valence-electron chi connectivity index (χ2n) is 7.86. The van der Waals surface area contributed by atoms with E-state index in [4.69, 9.17) is 9.15 Å². The summed E-state index contributed by atoms with van der Waals surface area (Å²) in [5.41, 5.74) is 1.57. The van der Waals surface area contributed by atoms with Crippen LogP contribution in [0.1, 0.15) is 25.0 Å². The zero-order valence-electron chi connectivity index (χ0n) is 17.2. The summed E-state index contributed by atoms with van der Waals surface area (Å²) in [6, 6.07) is 12.1. The molecular formula is C23H22N2O5. The van der Waals surface area contributed by atoms with E-state index >= 15 is 0 Å². The first kappa shape index (κ1) is 19.7. The Labute approximate surface area is 173 Å². The highest BCUT2D eigenvalue weighted by molar-refractivity contribution is 6.14. The number of anilines is 2. The standard InChI is InChI=1S/C23H22N2O5/c1-13-11-20(27)30-21-14(2)18(10-9-15(13)21)29-12-19(26)25-17-8-6-5-7-16(17)24-22(28)23(25,3)4/h5-11H,12H2,1-4H3,(H,24,28). The van der Waals surface area contributed by atoms with Crippen LogP contribution in [-0.2, 0) is 9.59 Å². The van der Waals surface area contributed by atoms with Gasteiger partial charge in [-0.1, -0.05) is 12.1 Å². The molecule has 1 aromatic heterocycles. The van der Waals surface area contributed by atoms with Crippen molar-refractivity contribution in [1.82, 2.24) is 0 Å². The minimum absolute atomic E-state index is 0.270. The van der Waals surface area contributed by atoms with E-state index in [1.807, 2.05) is 13.0 Å². The van der Waals surface area contributed by atoms with Gasteiger partial charge in [-0.3, -0.25) is 14.5 Å². The number of carbonyl (C=O) groups excluding carboxylic acids is 2. The summed E-state index contributed by atoms with van der Waals surface area (Å²) in [4.78, 5) is 38.9. The summed E-state index contributed by atoms with van der Waals surface area (Å²) >= 11 is 0. The number of nitrogens with one attached hydrogen (secondary N) is 1. The Hall–Kier alpha value is -3.61. The lowest BCUT2D eigenvalue weighted by molar-refractivity contribution is -0.127. The molecule has 2 aromatic carbocycles. The predicted octanol–water partition coefficient (Wildman–Crippen LogP) is 3.55. The summed E-state index contributed by atoms with van der Waals surface area (Å²) in [6.07, 6.45) is 0. The fourth-order valence-corrected chi connectivity index (χ4v) is 3.76. The maximum Gasteiger partial charge on any atom is 0.336 e. The number of para-hydroxylation sites is 2. The van der Waals surface area contributed by atoms with Gasteiger partial charge >= 0.3 is 5.63 Å². The van der Waals surface area contributed by atoms with Gasteiger partial charge in [0.05, 0.1) is 11.4 Å². The van der Waals surface area contributed by atoms with Gasteiger partial charge in [-0.2, -0.15) is 0 Å². The van der Waals surface area contributed by atoms with Gasteiger partial charge in [-0.15, -0.1) is 0 Å². The topological polar surface area (TPSA) is 88.8 Å². The monoisotopic (exact) mass is 406 g/mol.